The average Bonchev–Trinajstić information content (AvgIpc) is 2.77. The molecular formula is C11H11N3OS. The second-order valence-corrected chi connectivity index (χ2v) is 4.82. The fraction of sp³-hybridized carbons (Fsp3) is 0.273. The number of nitrogens with zero attached hydrogens (tertiary/aromatic N) is 2. The largest absolute Gasteiger partial charge is 0.350 e. The van der Waals surface area contributed by atoms with Crippen LogP contribution in [0.1, 0.15) is 10.4 Å². The van der Waals surface area contributed by atoms with E-state index in [9.17, 15) is 4.79 Å². The monoisotopic (exact) mass is 233 g/mol. The number of anilines is 1. The van der Waals surface area contributed by atoms with Crippen LogP contribution in [0.5, 0.6) is 0 Å². The summed E-state index contributed by atoms with van der Waals surface area (Å²) >= 11 is 1.82. The predicted octanol–water partition coefficient (Wildman–Crippen LogP) is 1.39. The fourth-order valence-electron chi connectivity index (χ4n) is 1.96. The Morgan fingerprint density at radius 2 is 2.31 bits per heavy atom. The maximum Gasteiger partial charge on any atom is 0.264 e. The van der Waals surface area contributed by atoms with E-state index in [4.69, 9.17) is 0 Å². The van der Waals surface area contributed by atoms with Crippen LogP contribution in [0.2, 0.25) is 0 Å². The molecule has 0 saturated heterocycles. The first kappa shape index (κ1) is 9.59. The van der Waals surface area contributed by atoms with E-state index in [-0.39, 0.29) is 5.56 Å². The van der Waals surface area contributed by atoms with Crippen molar-refractivity contribution in [3.05, 3.63) is 44.4 Å². The lowest BCUT2D eigenvalue weighted by atomic mass is 10.1. The van der Waals surface area contributed by atoms with Gasteiger partial charge in [-0.3, -0.25) is 4.79 Å². The van der Waals surface area contributed by atoms with E-state index in [0.717, 1.165) is 25.3 Å². The quantitative estimate of drug-likeness (QED) is 0.810. The molecule has 4 nitrogen and oxygen atoms in total. The number of thiophene rings is 1. The summed E-state index contributed by atoms with van der Waals surface area (Å²) in [6, 6.07) is 5.46. The Bertz CT molecular complexity index is 540. The zero-order valence-corrected chi connectivity index (χ0v) is 9.46. The molecule has 0 aliphatic carbocycles. The second-order valence-electron chi connectivity index (χ2n) is 3.82. The Labute approximate surface area is 96.5 Å². The van der Waals surface area contributed by atoms with Gasteiger partial charge in [0.1, 0.15) is 5.82 Å². The smallest absolute Gasteiger partial charge is 0.264 e. The van der Waals surface area contributed by atoms with Crippen LogP contribution in [-0.4, -0.2) is 16.7 Å². The van der Waals surface area contributed by atoms with Crippen LogP contribution < -0.4 is 10.5 Å². The van der Waals surface area contributed by atoms with Gasteiger partial charge < -0.3 is 4.90 Å². The molecule has 0 unspecified atom stereocenters. The van der Waals surface area contributed by atoms with E-state index in [1.54, 1.807) is 6.07 Å². The number of aromatic nitrogens is 2. The molecule has 0 spiro atoms. The molecule has 3 rings (SSSR count). The van der Waals surface area contributed by atoms with E-state index < -0.39 is 0 Å². The lowest BCUT2D eigenvalue weighted by molar-refractivity contribution is 0.721. The number of aromatic amines is 1. The topological polar surface area (TPSA) is 49.0 Å². The van der Waals surface area contributed by atoms with Crippen molar-refractivity contribution in [2.45, 2.75) is 13.0 Å². The van der Waals surface area contributed by atoms with Gasteiger partial charge in [-0.1, -0.05) is 0 Å². The van der Waals surface area contributed by atoms with Crippen molar-refractivity contribution in [2.75, 3.05) is 11.4 Å². The highest BCUT2D eigenvalue weighted by Crippen LogP contribution is 2.26. The van der Waals surface area contributed by atoms with E-state index in [0.29, 0.717) is 0 Å². The molecule has 2 aromatic heterocycles. The first-order chi connectivity index (χ1) is 7.83. The van der Waals surface area contributed by atoms with Crippen LogP contribution in [0, 0.1) is 0 Å². The fourth-order valence-corrected chi connectivity index (χ4v) is 2.85. The normalized spacial score (nSPS) is 14.9. The lowest BCUT2D eigenvalue weighted by Crippen LogP contribution is -2.30. The van der Waals surface area contributed by atoms with E-state index >= 15 is 0 Å². The van der Waals surface area contributed by atoms with Gasteiger partial charge in [-0.05, 0) is 29.5 Å². The molecule has 2 aromatic rings. The SMILES string of the molecule is O=c1ccc(N2CCc3sccc3C2)n[nH]1. The first-order valence-electron chi connectivity index (χ1n) is 5.19. The molecule has 0 fully saturated rings. The first-order valence-corrected chi connectivity index (χ1v) is 6.07. The van der Waals surface area contributed by atoms with Gasteiger partial charge >= 0.3 is 0 Å². The third-order valence-electron chi connectivity index (χ3n) is 2.80. The molecule has 0 amide bonds. The summed E-state index contributed by atoms with van der Waals surface area (Å²) < 4.78 is 0. The van der Waals surface area contributed by atoms with Crippen LogP contribution in [0.25, 0.3) is 0 Å². The molecular weight excluding hydrogens is 222 g/mol. The molecule has 1 aliphatic rings. The van der Waals surface area contributed by atoms with Crippen LogP contribution in [0.4, 0.5) is 5.82 Å². The zero-order chi connectivity index (χ0) is 11.0. The number of rotatable bonds is 1. The Hall–Kier alpha value is -1.62. The van der Waals surface area contributed by atoms with Gasteiger partial charge in [0.15, 0.2) is 0 Å². The second kappa shape index (κ2) is 3.75. The minimum Gasteiger partial charge on any atom is -0.350 e. The number of hydrogen-bond donors (Lipinski definition) is 1. The Balaban J connectivity index is 1.88. The summed E-state index contributed by atoms with van der Waals surface area (Å²) in [5.74, 6) is 0.844. The van der Waals surface area contributed by atoms with Crippen LogP contribution in [0.15, 0.2) is 28.4 Å². The van der Waals surface area contributed by atoms with Gasteiger partial charge in [0.25, 0.3) is 5.56 Å². The van der Waals surface area contributed by atoms with Gasteiger partial charge in [-0.2, -0.15) is 5.10 Å². The molecule has 1 aliphatic heterocycles. The van der Waals surface area contributed by atoms with Crippen LogP contribution in [-0.2, 0) is 13.0 Å². The molecule has 1 N–H and O–H groups in total. The molecule has 16 heavy (non-hydrogen) atoms. The Morgan fingerprint density at radius 1 is 1.38 bits per heavy atom. The summed E-state index contributed by atoms with van der Waals surface area (Å²) in [5, 5.41) is 8.65. The van der Waals surface area contributed by atoms with Gasteiger partial charge in [0, 0.05) is 24.0 Å². The summed E-state index contributed by atoms with van der Waals surface area (Å²) in [6.45, 7) is 1.85. The Kier molecular flexibility index (Phi) is 2.25. The predicted molar refractivity (Wildman–Crippen MR) is 63.9 cm³/mol. The molecule has 0 bridgehead atoms. The van der Waals surface area contributed by atoms with E-state index in [1.807, 2.05) is 11.3 Å². The van der Waals surface area contributed by atoms with Crippen molar-refractivity contribution in [1.82, 2.24) is 10.2 Å². The van der Waals surface area contributed by atoms with Gasteiger partial charge in [-0.15, -0.1) is 11.3 Å². The lowest BCUT2D eigenvalue weighted by Gasteiger charge is -2.27. The van der Waals surface area contributed by atoms with E-state index in [1.165, 1.54) is 16.5 Å². The van der Waals surface area contributed by atoms with Crippen molar-refractivity contribution < 1.29 is 0 Å². The summed E-state index contributed by atoms with van der Waals surface area (Å²) in [6.07, 6.45) is 1.06. The standard InChI is InChI=1S/C11H11N3OS/c15-11-2-1-10(12-13-11)14-5-3-9-8(7-14)4-6-16-9/h1-2,4,6H,3,5,7H2,(H,13,15). The number of hydrogen-bond acceptors (Lipinski definition) is 4. The highest BCUT2D eigenvalue weighted by Gasteiger charge is 2.18. The van der Waals surface area contributed by atoms with Crippen LogP contribution in [0.3, 0.4) is 0 Å². The van der Waals surface area contributed by atoms with Gasteiger partial charge in [-0.25, -0.2) is 5.10 Å². The van der Waals surface area contributed by atoms with Crippen molar-refractivity contribution in [1.29, 1.82) is 0 Å². The number of nitrogens with one attached hydrogen (secondary N) is 1. The minimum absolute atomic E-state index is 0.156. The van der Waals surface area contributed by atoms with Crippen molar-refractivity contribution >= 4 is 17.2 Å². The molecule has 0 atom stereocenters. The highest BCUT2D eigenvalue weighted by molar-refractivity contribution is 7.10. The number of H-pyrrole nitrogens is 1. The van der Waals surface area contributed by atoms with Crippen LogP contribution >= 0.6 is 11.3 Å². The van der Waals surface area contributed by atoms with Gasteiger partial charge in [0.2, 0.25) is 0 Å². The molecule has 5 heteroatoms. The zero-order valence-electron chi connectivity index (χ0n) is 8.64. The Morgan fingerprint density at radius 3 is 3.12 bits per heavy atom. The number of fused-ring (bicyclic) bond motifs is 1. The minimum atomic E-state index is -0.156. The molecule has 3 heterocycles. The summed E-state index contributed by atoms with van der Waals surface area (Å²) in [4.78, 5) is 14.6. The molecule has 82 valence electrons. The van der Waals surface area contributed by atoms with Crippen molar-refractivity contribution in [3.8, 4) is 0 Å². The van der Waals surface area contributed by atoms with Crippen molar-refractivity contribution in [3.63, 3.8) is 0 Å². The average molecular weight is 233 g/mol. The van der Waals surface area contributed by atoms with Crippen molar-refractivity contribution in [2.24, 2.45) is 0 Å². The summed E-state index contributed by atoms with van der Waals surface area (Å²) in [7, 11) is 0. The van der Waals surface area contributed by atoms with E-state index in [2.05, 4.69) is 26.5 Å². The maximum atomic E-state index is 10.9. The third kappa shape index (κ3) is 1.63. The molecule has 0 saturated carbocycles. The van der Waals surface area contributed by atoms with Gasteiger partial charge in [0.05, 0.1) is 0 Å². The molecule has 0 radical (unpaired) electrons. The third-order valence-corrected chi connectivity index (χ3v) is 3.82. The summed E-state index contributed by atoms with van der Waals surface area (Å²) in [5.41, 5.74) is 1.22. The molecule has 0 aromatic carbocycles. The highest BCUT2D eigenvalue weighted by atomic mass is 32.1. The maximum absolute atomic E-state index is 10.9.